The number of benzene rings is 3. The Balaban J connectivity index is 1.55. The molecule has 0 radical (unpaired) electrons. The van der Waals surface area contributed by atoms with Gasteiger partial charge in [0.1, 0.15) is 12.4 Å². The van der Waals surface area contributed by atoms with Crippen LogP contribution in [-0.4, -0.2) is 9.97 Å². The Bertz CT molecular complexity index is 1480. The molecule has 34 heavy (non-hydrogen) atoms. The molecule has 0 fully saturated rings. The minimum absolute atomic E-state index is 0.516. The van der Waals surface area contributed by atoms with Crippen LogP contribution in [0.15, 0.2) is 109 Å². The lowest BCUT2D eigenvalue weighted by atomic mass is 10.0. The van der Waals surface area contributed by atoms with E-state index in [0.29, 0.717) is 6.61 Å². The van der Waals surface area contributed by atoms with Gasteiger partial charge in [0.25, 0.3) is 0 Å². The van der Waals surface area contributed by atoms with Crippen LogP contribution in [0.2, 0.25) is 0 Å². The van der Waals surface area contributed by atoms with Crippen molar-refractivity contribution in [2.75, 3.05) is 4.90 Å². The zero-order valence-electron chi connectivity index (χ0n) is 18.8. The number of hydrogen-bond acceptors (Lipinski definition) is 4. The van der Waals surface area contributed by atoms with Crippen LogP contribution in [0.5, 0.6) is 5.75 Å². The number of para-hydroxylation sites is 1. The Morgan fingerprint density at radius 1 is 0.676 bits per heavy atom. The van der Waals surface area contributed by atoms with E-state index >= 15 is 0 Å². The quantitative estimate of drug-likeness (QED) is 0.291. The number of aryl methyl sites for hydroxylation is 1. The maximum absolute atomic E-state index is 6.27. The third-order valence-electron chi connectivity index (χ3n) is 6.09. The number of hydrogen-bond donors (Lipinski definition) is 0. The molecular formula is C30H23N3O. The fourth-order valence-electron chi connectivity index (χ4n) is 4.42. The Morgan fingerprint density at radius 2 is 1.53 bits per heavy atom. The predicted molar refractivity (Wildman–Crippen MR) is 137 cm³/mol. The van der Waals surface area contributed by atoms with Crippen molar-refractivity contribution >= 4 is 17.1 Å². The summed E-state index contributed by atoms with van der Waals surface area (Å²) in [6.07, 6.45) is 3.68. The molecule has 0 bridgehead atoms. The summed E-state index contributed by atoms with van der Waals surface area (Å²) in [7, 11) is 0. The first kappa shape index (κ1) is 20.2. The van der Waals surface area contributed by atoms with Crippen molar-refractivity contribution in [3.63, 3.8) is 0 Å². The van der Waals surface area contributed by atoms with E-state index in [0.717, 1.165) is 50.9 Å². The lowest BCUT2D eigenvalue weighted by molar-refractivity contribution is 0.310. The van der Waals surface area contributed by atoms with Gasteiger partial charge in [0.05, 0.1) is 22.8 Å². The molecule has 5 aromatic rings. The highest BCUT2D eigenvalue weighted by Gasteiger charge is 2.24. The van der Waals surface area contributed by atoms with Crippen molar-refractivity contribution in [3.8, 4) is 28.3 Å². The highest BCUT2D eigenvalue weighted by Crippen LogP contribution is 2.46. The van der Waals surface area contributed by atoms with E-state index in [9.17, 15) is 0 Å². The second-order valence-electron chi connectivity index (χ2n) is 8.42. The van der Waals surface area contributed by atoms with Gasteiger partial charge in [-0.05, 0) is 73.2 Å². The Hall–Kier alpha value is -4.44. The standard InChI is InChI=1S/C30H23N3O/c1-21-14-16-32-27(17-21)22-8-6-9-25(18-22)33-28-11-3-2-7-24(28)20-34-30-13-12-23(19-29(30)33)26-10-4-5-15-31-26/h2-19H,20H2,1H3. The average molecular weight is 442 g/mol. The molecule has 2 aromatic heterocycles. The fourth-order valence-corrected chi connectivity index (χ4v) is 4.42. The highest BCUT2D eigenvalue weighted by molar-refractivity contribution is 5.86. The van der Waals surface area contributed by atoms with Crippen molar-refractivity contribution in [3.05, 3.63) is 121 Å². The molecule has 1 aliphatic rings. The van der Waals surface area contributed by atoms with Crippen molar-refractivity contribution < 1.29 is 4.74 Å². The van der Waals surface area contributed by atoms with E-state index in [1.165, 1.54) is 5.56 Å². The van der Waals surface area contributed by atoms with Gasteiger partial charge < -0.3 is 9.64 Å². The van der Waals surface area contributed by atoms with Crippen LogP contribution in [-0.2, 0) is 6.61 Å². The van der Waals surface area contributed by atoms with Gasteiger partial charge in [0, 0.05) is 34.8 Å². The number of rotatable bonds is 3. The molecule has 0 amide bonds. The number of nitrogens with zero attached hydrogens (tertiary/aromatic N) is 3. The highest BCUT2D eigenvalue weighted by atomic mass is 16.5. The number of fused-ring (bicyclic) bond motifs is 2. The number of aromatic nitrogens is 2. The normalized spacial score (nSPS) is 12.3. The van der Waals surface area contributed by atoms with Crippen molar-refractivity contribution in [2.24, 2.45) is 0 Å². The summed E-state index contributed by atoms with van der Waals surface area (Å²) < 4.78 is 6.27. The van der Waals surface area contributed by atoms with Crippen molar-refractivity contribution in [2.45, 2.75) is 13.5 Å². The lowest BCUT2D eigenvalue weighted by Gasteiger charge is -2.27. The number of pyridine rings is 2. The first-order valence-corrected chi connectivity index (χ1v) is 11.4. The topological polar surface area (TPSA) is 38.2 Å². The van der Waals surface area contributed by atoms with Crippen LogP contribution in [0.1, 0.15) is 11.1 Å². The van der Waals surface area contributed by atoms with E-state index in [1.54, 1.807) is 0 Å². The molecule has 0 saturated carbocycles. The first-order valence-electron chi connectivity index (χ1n) is 11.4. The lowest BCUT2D eigenvalue weighted by Crippen LogP contribution is -2.11. The van der Waals surface area contributed by atoms with Gasteiger partial charge in [-0.25, -0.2) is 0 Å². The van der Waals surface area contributed by atoms with Crippen LogP contribution < -0.4 is 9.64 Å². The van der Waals surface area contributed by atoms with E-state index in [2.05, 4.69) is 88.5 Å². The maximum Gasteiger partial charge on any atom is 0.143 e. The Labute approximate surface area is 199 Å². The third-order valence-corrected chi connectivity index (χ3v) is 6.09. The average Bonchev–Trinajstić information content (AvgIpc) is 3.06. The Morgan fingerprint density at radius 3 is 2.41 bits per heavy atom. The largest absolute Gasteiger partial charge is 0.487 e. The summed E-state index contributed by atoms with van der Waals surface area (Å²) in [4.78, 5) is 11.4. The molecule has 0 unspecified atom stereocenters. The Kier molecular flexibility index (Phi) is 5.04. The van der Waals surface area contributed by atoms with Gasteiger partial charge in [-0.1, -0.05) is 36.4 Å². The van der Waals surface area contributed by atoms with Crippen molar-refractivity contribution in [1.29, 1.82) is 0 Å². The summed E-state index contributed by atoms with van der Waals surface area (Å²) >= 11 is 0. The zero-order chi connectivity index (χ0) is 22.9. The predicted octanol–water partition coefficient (Wildman–Crippen LogP) is 7.48. The number of anilines is 3. The van der Waals surface area contributed by atoms with Gasteiger partial charge in [0.2, 0.25) is 0 Å². The summed E-state index contributed by atoms with van der Waals surface area (Å²) in [6, 6.07) is 33.3. The first-order chi connectivity index (χ1) is 16.8. The van der Waals surface area contributed by atoms with E-state index in [1.807, 2.05) is 42.7 Å². The van der Waals surface area contributed by atoms with Crippen LogP contribution >= 0.6 is 0 Å². The molecule has 4 heteroatoms. The molecule has 3 heterocycles. The minimum atomic E-state index is 0.516. The molecular weight excluding hydrogens is 418 g/mol. The fraction of sp³-hybridized carbons (Fsp3) is 0.0667. The van der Waals surface area contributed by atoms with E-state index < -0.39 is 0 Å². The molecule has 3 aromatic carbocycles. The minimum Gasteiger partial charge on any atom is -0.487 e. The molecule has 0 atom stereocenters. The van der Waals surface area contributed by atoms with E-state index in [4.69, 9.17) is 4.74 Å². The second-order valence-corrected chi connectivity index (χ2v) is 8.42. The molecule has 0 aliphatic carbocycles. The molecule has 4 nitrogen and oxygen atoms in total. The second kappa shape index (κ2) is 8.49. The maximum atomic E-state index is 6.27. The summed E-state index contributed by atoms with van der Waals surface area (Å²) in [5.74, 6) is 0.843. The van der Waals surface area contributed by atoms with Gasteiger partial charge in [-0.15, -0.1) is 0 Å². The smallest absolute Gasteiger partial charge is 0.143 e. The summed E-state index contributed by atoms with van der Waals surface area (Å²) in [5.41, 5.74) is 9.49. The van der Waals surface area contributed by atoms with Crippen LogP contribution in [0.25, 0.3) is 22.5 Å². The van der Waals surface area contributed by atoms with Gasteiger partial charge in [-0.2, -0.15) is 0 Å². The monoisotopic (exact) mass is 441 g/mol. The SMILES string of the molecule is Cc1ccnc(-c2cccc(N3c4ccccc4COc4ccc(-c5ccccn5)cc43)c2)c1. The van der Waals surface area contributed by atoms with Gasteiger partial charge in [0.15, 0.2) is 0 Å². The van der Waals surface area contributed by atoms with Crippen LogP contribution in [0.3, 0.4) is 0 Å². The van der Waals surface area contributed by atoms with Gasteiger partial charge >= 0.3 is 0 Å². The third kappa shape index (κ3) is 3.69. The van der Waals surface area contributed by atoms with Gasteiger partial charge in [-0.3, -0.25) is 9.97 Å². The molecule has 164 valence electrons. The molecule has 6 rings (SSSR count). The zero-order valence-corrected chi connectivity index (χ0v) is 18.8. The number of ether oxygens (including phenoxy) is 1. The molecule has 0 saturated heterocycles. The van der Waals surface area contributed by atoms with Crippen LogP contribution in [0.4, 0.5) is 17.1 Å². The summed E-state index contributed by atoms with van der Waals surface area (Å²) in [6.45, 7) is 2.61. The molecule has 0 spiro atoms. The van der Waals surface area contributed by atoms with E-state index in [-0.39, 0.29) is 0 Å². The molecule has 0 N–H and O–H groups in total. The summed E-state index contributed by atoms with van der Waals surface area (Å²) in [5, 5.41) is 0. The molecule has 1 aliphatic heterocycles. The van der Waals surface area contributed by atoms with Crippen molar-refractivity contribution in [1.82, 2.24) is 9.97 Å². The van der Waals surface area contributed by atoms with Crippen LogP contribution in [0, 0.1) is 6.92 Å².